The second kappa shape index (κ2) is 9.43. The van der Waals surface area contributed by atoms with Crippen LogP contribution in [0.3, 0.4) is 0 Å². The van der Waals surface area contributed by atoms with Crippen molar-refractivity contribution < 1.29 is 37.1 Å². The number of aromatic nitrogens is 1. The molecule has 1 aliphatic heterocycles. The van der Waals surface area contributed by atoms with Gasteiger partial charge < -0.3 is 9.47 Å². The van der Waals surface area contributed by atoms with Gasteiger partial charge in [-0.05, 0) is 64.3 Å². The van der Waals surface area contributed by atoms with Gasteiger partial charge in [0.25, 0.3) is 5.91 Å². The molecule has 0 radical (unpaired) electrons. The maximum Gasteiger partial charge on any atom is 0.417 e. The molecule has 1 aliphatic rings. The highest BCUT2D eigenvalue weighted by Gasteiger charge is 2.51. The molecular weight excluding hydrogens is 465 g/mol. The first-order valence-corrected chi connectivity index (χ1v) is 10.8. The summed E-state index contributed by atoms with van der Waals surface area (Å²) >= 11 is 0. The molecule has 2 aromatic rings. The van der Waals surface area contributed by atoms with Crippen LogP contribution in [-0.2, 0) is 25.3 Å². The number of aryl methyl sites for hydroxylation is 3. The van der Waals surface area contributed by atoms with E-state index in [4.69, 9.17) is 14.3 Å². The summed E-state index contributed by atoms with van der Waals surface area (Å²) in [5, 5.41) is 1.02. The quantitative estimate of drug-likeness (QED) is 0.411. The van der Waals surface area contributed by atoms with Crippen LogP contribution in [0.2, 0.25) is 0 Å². The van der Waals surface area contributed by atoms with E-state index >= 15 is 0 Å². The standard InChI is InChI=1S/C25H27F3N2O5/c1-13-10-14(2)19(15(3)11-13)20-21(24(5,6)30(22(20)31)35-16(4)33-7)34-23(32)17-12-29-9-8-18(17)25(26,27)28/h8-12,16H,1-7H3. The Morgan fingerprint density at radius 2 is 1.74 bits per heavy atom. The Morgan fingerprint density at radius 3 is 2.29 bits per heavy atom. The Bertz CT molecular complexity index is 1180. The van der Waals surface area contributed by atoms with Crippen LogP contribution in [0.15, 0.2) is 36.4 Å². The van der Waals surface area contributed by atoms with E-state index in [1.807, 2.05) is 19.1 Å². The molecule has 0 spiro atoms. The number of esters is 1. The number of hydroxylamine groups is 2. The van der Waals surface area contributed by atoms with Crippen LogP contribution in [0.4, 0.5) is 13.2 Å². The predicted molar refractivity (Wildman–Crippen MR) is 121 cm³/mol. The number of rotatable bonds is 6. The van der Waals surface area contributed by atoms with E-state index in [-0.39, 0.29) is 11.3 Å². The second-order valence-electron chi connectivity index (χ2n) is 8.85. The molecule has 1 atom stereocenters. The molecule has 10 heteroatoms. The zero-order chi connectivity index (χ0) is 26.3. The average molecular weight is 492 g/mol. The highest BCUT2D eigenvalue weighted by atomic mass is 19.4. The number of ether oxygens (including phenoxy) is 2. The maximum atomic E-state index is 13.6. The first-order valence-electron chi connectivity index (χ1n) is 10.8. The van der Waals surface area contributed by atoms with Crippen molar-refractivity contribution in [1.29, 1.82) is 0 Å². The summed E-state index contributed by atoms with van der Waals surface area (Å²) in [6.45, 7) is 10.2. The number of hydrogen-bond acceptors (Lipinski definition) is 6. The summed E-state index contributed by atoms with van der Waals surface area (Å²) in [6.07, 6.45) is -3.90. The molecule has 2 heterocycles. The van der Waals surface area contributed by atoms with Crippen molar-refractivity contribution >= 4 is 17.4 Å². The minimum Gasteiger partial charge on any atom is -0.424 e. The van der Waals surface area contributed by atoms with Crippen LogP contribution >= 0.6 is 0 Å². The minimum atomic E-state index is -4.80. The van der Waals surface area contributed by atoms with Crippen LogP contribution in [0.1, 0.15) is 58.9 Å². The molecule has 35 heavy (non-hydrogen) atoms. The smallest absolute Gasteiger partial charge is 0.417 e. The lowest BCUT2D eigenvalue weighted by molar-refractivity contribution is -0.276. The number of hydrogen-bond donors (Lipinski definition) is 0. The molecule has 188 valence electrons. The van der Waals surface area contributed by atoms with Crippen LogP contribution in [-0.4, -0.2) is 40.9 Å². The SMILES string of the molecule is COC(C)ON1C(=O)C(c2c(C)cc(C)cc2C)=C(OC(=O)c2cnccc2C(F)(F)F)C1(C)C. The summed E-state index contributed by atoms with van der Waals surface area (Å²) in [4.78, 5) is 36.0. The van der Waals surface area contributed by atoms with Crippen molar-refractivity contribution in [3.05, 3.63) is 69.7 Å². The van der Waals surface area contributed by atoms with Gasteiger partial charge in [0.15, 0.2) is 6.29 Å². The molecule has 0 saturated heterocycles. The fourth-order valence-corrected chi connectivity index (χ4v) is 4.14. The highest BCUT2D eigenvalue weighted by molar-refractivity contribution is 6.23. The summed E-state index contributed by atoms with van der Waals surface area (Å²) < 4.78 is 51.3. The largest absolute Gasteiger partial charge is 0.424 e. The molecule has 0 fully saturated rings. The number of carbonyl (C=O) groups is 2. The molecule has 1 aromatic heterocycles. The molecule has 0 saturated carbocycles. The fourth-order valence-electron chi connectivity index (χ4n) is 4.14. The summed E-state index contributed by atoms with van der Waals surface area (Å²) in [6, 6.07) is 4.42. The Balaban J connectivity index is 2.21. The van der Waals surface area contributed by atoms with Crippen molar-refractivity contribution in [2.45, 2.75) is 59.5 Å². The van der Waals surface area contributed by atoms with E-state index in [1.54, 1.807) is 34.6 Å². The molecule has 1 amide bonds. The second-order valence-corrected chi connectivity index (χ2v) is 8.85. The lowest BCUT2D eigenvalue weighted by Crippen LogP contribution is -2.46. The van der Waals surface area contributed by atoms with Gasteiger partial charge >= 0.3 is 12.1 Å². The third-order valence-electron chi connectivity index (χ3n) is 5.74. The minimum absolute atomic E-state index is 0.0269. The number of methoxy groups -OCH3 is 1. The molecule has 0 aliphatic carbocycles. The Hall–Kier alpha value is -3.24. The van der Waals surface area contributed by atoms with E-state index in [0.29, 0.717) is 11.6 Å². The number of carbonyl (C=O) groups excluding carboxylic acids is 2. The van der Waals surface area contributed by atoms with E-state index < -0.39 is 41.0 Å². The normalized spacial score (nSPS) is 16.6. The van der Waals surface area contributed by atoms with Gasteiger partial charge in [-0.1, -0.05) is 17.7 Å². The third kappa shape index (κ3) is 4.94. The van der Waals surface area contributed by atoms with Crippen LogP contribution in [0.25, 0.3) is 5.57 Å². The Morgan fingerprint density at radius 1 is 1.14 bits per heavy atom. The fraction of sp³-hybridized carbons (Fsp3) is 0.400. The summed E-state index contributed by atoms with van der Waals surface area (Å²) in [7, 11) is 1.39. The van der Waals surface area contributed by atoms with Crippen LogP contribution in [0, 0.1) is 20.8 Å². The number of amides is 1. The van der Waals surface area contributed by atoms with Gasteiger partial charge in [-0.25, -0.2) is 14.7 Å². The summed E-state index contributed by atoms with van der Waals surface area (Å²) in [5.41, 5.74) is -0.363. The van der Waals surface area contributed by atoms with E-state index in [1.165, 1.54) is 7.11 Å². The maximum absolute atomic E-state index is 13.6. The summed E-state index contributed by atoms with van der Waals surface area (Å²) in [5.74, 6) is -2.04. The predicted octanol–water partition coefficient (Wildman–Crippen LogP) is 5.14. The average Bonchev–Trinajstić information content (AvgIpc) is 2.93. The molecule has 1 aromatic carbocycles. The third-order valence-corrected chi connectivity index (χ3v) is 5.74. The zero-order valence-corrected chi connectivity index (χ0v) is 20.5. The van der Waals surface area contributed by atoms with Crippen LogP contribution in [0.5, 0.6) is 0 Å². The topological polar surface area (TPSA) is 78.0 Å². The van der Waals surface area contributed by atoms with Crippen molar-refractivity contribution in [2.75, 3.05) is 7.11 Å². The number of alkyl halides is 3. The Kier molecular flexibility index (Phi) is 7.10. The van der Waals surface area contributed by atoms with Crippen molar-refractivity contribution in [1.82, 2.24) is 10.0 Å². The molecule has 1 unspecified atom stereocenters. The first-order chi connectivity index (χ1) is 16.2. The monoisotopic (exact) mass is 492 g/mol. The number of benzene rings is 1. The van der Waals surface area contributed by atoms with Crippen molar-refractivity contribution in [3.8, 4) is 0 Å². The van der Waals surface area contributed by atoms with Gasteiger partial charge in [0, 0.05) is 19.5 Å². The van der Waals surface area contributed by atoms with Gasteiger partial charge in [0.05, 0.1) is 16.7 Å². The van der Waals surface area contributed by atoms with Gasteiger partial charge in [-0.15, -0.1) is 0 Å². The van der Waals surface area contributed by atoms with E-state index in [0.717, 1.165) is 34.1 Å². The number of nitrogens with zero attached hydrogens (tertiary/aromatic N) is 2. The highest BCUT2D eigenvalue weighted by Crippen LogP contribution is 2.44. The first kappa shape index (κ1) is 26.4. The van der Waals surface area contributed by atoms with Crippen molar-refractivity contribution in [3.63, 3.8) is 0 Å². The zero-order valence-electron chi connectivity index (χ0n) is 20.5. The molecule has 0 bridgehead atoms. The lowest BCUT2D eigenvalue weighted by Gasteiger charge is -2.33. The lowest BCUT2D eigenvalue weighted by atomic mass is 9.91. The van der Waals surface area contributed by atoms with Crippen LogP contribution < -0.4 is 0 Å². The van der Waals surface area contributed by atoms with Gasteiger partial charge in [0.2, 0.25) is 0 Å². The Labute approximate surface area is 201 Å². The van der Waals surface area contributed by atoms with Crippen molar-refractivity contribution in [2.24, 2.45) is 0 Å². The number of halogens is 3. The van der Waals surface area contributed by atoms with E-state index in [9.17, 15) is 22.8 Å². The van der Waals surface area contributed by atoms with E-state index in [2.05, 4.69) is 4.98 Å². The molecular formula is C25H27F3N2O5. The van der Waals surface area contributed by atoms with Gasteiger partial charge in [0.1, 0.15) is 11.3 Å². The number of pyridine rings is 1. The van der Waals surface area contributed by atoms with Gasteiger partial charge in [-0.2, -0.15) is 13.2 Å². The van der Waals surface area contributed by atoms with Gasteiger partial charge in [-0.3, -0.25) is 9.78 Å². The molecule has 7 nitrogen and oxygen atoms in total. The molecule has 0 N–H and O–H groups in total. The molecule has 3 rings (SSSR count).